The van der Waals surface area contributed by atoms with Crippen molar-refractivity contribution >= 4 is 16.6 Å². The third kappa shape index (κ3) is 1.58. The van der Waals surface area contributed by atoms with Gasteiger partial charge in [-0.1, -0.05) is 25.1 Å². The van der Waals surface area contributed by atoms with Crippen LogP contribution in [0.5, 0.6) is 0 Å². The highest BCUT2D eigenvalue weighted by Crippen LogP contribution is 2.22. The van der Waals surface area contributed by atoms with E-state index in [1.54, 1.807) is 0 Å². The number of H-pyrrole nitrogens is 1. The van der Waals surface area contributed by atoms with Crippen molar-refractivity contribution in [2.24, 2.45) is 5.92 Å². The molecule has 0 fully saturated rings. The fourth-order valence-corrected chi connectivity index (χ4v) is 2.08. The number of rotatable bonds is 1. The molecule has 0 saturated heterocycles. The summed E-state index contributed by atoms with van der Waals surface area (Å²) in [6, 6.07) is 6.40. The van der Waals surface area contributed by atoms with Gasteiger partial charge in [-0.15, -0.1) is 0 Å². The van der Waals surface area contributed by atoms with Crippen molar-refractivity contribution in [1.29, 1.82) is 0 Å². The lowest BCUT2D eigenvalue weighted by Gasteiger charge is -2.20. The van der Waals surface area contributed by atoms with E-state index in [0.29, 0.717) is 0 Å². The van der Waals surface area contributed by atoms with E-state index in [1.165, 1.54) is 11.3 Å². The Labute approximate surface area is 94.6 Å². The maximum Gasteiger partial charge on any atom is 0.0657 e. The van der Waals surface area contributed by atoms with Crippen LogP contribution in [0.2, 0.25) is 0 Å². The van der Waals surface area contributed by atoms with Gasteiger partial charge in [0.1, 0.15) is 0 Å². The van der Waals surface area contributed by atoms with Crippen molar-refractivity contribution in [3.05, 3.63) is 36.0 Å². The average molecular weight is 213 g/mol. The van der Waals surface area contributed by atoms with Gasteiger partial charge in [-0.05, 0) is 24.0 Å². The largest absolute Gasteiger partial charge is 0.385 e. The maximum atomic E-state index is 4.03. The van der Waals surface area contributed by atoms with E-state index in [9.17, 15) is 0 Å². The Morgan fingerprint density at radius 2 is 2.31 bits per heavy atom. The number of allylic oxidation sites excluding steroid dienone is 1. The molecule has 1 aromatic carbocycles. The summed E-state index contributed by atoms with van der Waals surface area (Å²) in [5.41, 5.74) is 3.58. The number of hydrogen-bond acceptors (Lipinski definition) is 2. The molecule has 1 aliphatic rings. The topological polar surface area (TPSA) is 40.7 Å². The number of fused-ring (bicyclic) bond motifs is 1. The predicted molar refractivity (Wildman–Crippen MR) is 65.9 cm³/mol. The molecule has 0 saturated carbocycles. The number of aromatic amines is 1. The lowest BCUT2D eigenvalue weighted by atomic mass is 10.00. The lowest BCUT2D eigenvalue weighted by molar-refractivity contribution is 0.550. The van der Waals surface area contributed by atoms with Crippen molar-refractivity contribution < 1.29 is 0 Å². The second kappa shape index (κ2) is 3.67. The molecule has 3 nitrogen and oxygen atoms in total. The summed E-state index contributed by atoms with van der Waals surface area (Å²) in [7, 11) is 0. The van der Waals surface area contributed by atoms with Crippen LogP contribution in [0.15, 0.2) is 30.5 Å². The summed E-state index contributed by atoms with van der Waals surface area (Å²) < 4.78 is 0. The first kappa shape index (κ1) is 9.46. The first-order valence-electron chi connectivity index (χ1n) is 5.70. The zero-order valence-corrected chi connectivity index (χ0v) is 9.33. The monoisotopic (exact) mass is 213 g/mol. The minimum Gasteiger partial charge on any atom is -0.385 e. The van der Waals surface area contributed by atoms with Crippen LogP contribution in [0.4, 0.5) is 0 Å². The minimum absolute atomic E-state index is 0.736. The zero-order valence-electron chi connectivity index (χ0n) is 9.33. The SMILES string of the molecule is CC1CC=C(c2ccc3cn[nH]c3c2)NC1. The highest BCUT2D eigenvalue weighted by Gasteiger charge is 2.10. The molecule has 82 valence electrons. The van der Waals surface area contributed by atoms with Crippen molar-refractivity contribution in [3.8, 4) is 0 Å². The predicted octanol–water partition coefficient (Wildman–Crippen LogP) is 2.53. The number of aromatic nitrogens is 2. The first-order chi connectivity index (χ1) is 7.83. The van der Waals surface area contributed by atoms with Gasteiger partial charge in [0, 0.05) is 17.6 Å². The molecule has 1 atom stereocenters. The molecule has 2 aromatic rings. The third-order valence-corrected chi connectivity index (χ3v) is 3.12. The molecule has 0 spiro atoms. The molecule has 1 aliphatic heterocycles. The Morgan fingerprint density at radius 3 is 3.12 bits per heavy atom. The van der Waals surface area contributed by atoms with E-state index in [2.05, 4.69) is 46.7 Å². The van der Waals surface area contributed by atoms with Crippen LogP contribution in [0, 0.1) is 5.92 Å². The van der Waals surface area contributed by atoms with Gasteiger partial charge < -0.3 is 5.32 Å². The van der Waals surface area contributed by atoms with E-state index < -0.39 is 0 Å². The van der Waals surface area contributed by atoms with Gasteiger partial charge in [-0.2, -0.15) is 5.10 Å². The van der Waals surface area contributed by atoms with Crippen molar-refractivity contribution in [3.63, 3.8) is 0 Å². The summed E-state index contributed by atoms with van der Waals surface area (Å²) in [6.45, 7) is 3.32. The molecule has 3 rings (SSSR count). The number of hydrogen-bond donors (Lipinski definition) is 2. The van der Waals surface area contributed by atoms with Crippen LogP contribution in [-0.2, 0) is 0 Å². The van der Waals surface area contributed by atoms with Crippen molar-refractivity contribution in [2.45, 2.75) is 13.3 Å². The summed E-state index contributed by atoms with van der Waals surface area (Å²) in [6.07, 6.45) is 5.29. The van der Waals surface area contributed by atoms with Crippen LogP contribution < -0.4 is 5.32 Å². The van der Waals surface area contributed by atoms with Crippen LogP contribution in [-0.4, -0.2) is 16.7 Å². The summed E-state index contributed by atoms with van der Waals surface area (Å²) in [4.78, 5) is 0. The van der Waals surface area contributed by atoms with Gasteiger partial charge in [0.25, 0.3) is 0 Å². The Balaban J connectivity index is 1.99. The Bertz CT molecular complexity index is 539. The second-order valence-electron chi connectivity index (χ2n) is 4.51. The molecule has 0 amide bonds. The van der Waals surface area contributed by atoms with Crippen molar-refractivity contribution in [2.75, 3.05) is 6.54 Å². The molecular weight excluding hydrogens is 198 g/mol. The van der Waals surface area contributed by atoms with E-state index in [-0.39, 0.29) is 0 Å². The van der Waals surface area contributed by atoms with Crippen molar-refractivity contribution in [1.82, 2.24) is 15.5 Å². The smallest absolute Gasteiger partial charge is 0.0657 e. The van der Waals surface area contributed by atoms with E-state index in [0.717, 1.165) is 29.8 Å². The molecule has 2 heterocycles. The van der Waals surface area contributed by atoms with Crippen LogP contribution in [0.25, 0.3) is 16.6 Å². The van der Waals surface area contributed by atoms with Crippen LogP contribution in [0.3, 0.4) is 0 Å². The standard InChI is InChI=1S/C13H15N3/c1-9-2-5-12(14-7-9)10-3-4-11-8-15-16-13(11)6-10/h3-6,8-9,14H,2,7H2,1H3,(H,15,16). The van der Waals surface area contributed by atoms with Gasteiger partial charge >= 0.3 is 0 Å². The molecule has 1 unspecified atom stereocenters. The van der Waals surface area contributed by atoms with Gasteiger partial charge in [0.2, 0.25) is 0 Å². The number of benzene rings is 1. The van der Waals surface area contributed by atoms with Crippen LogP contribution in [0.1, 0.15) is 18.9 Å². The lowest BCUT2D eigenvalue weighted by Crippen LogP contribution is -2.23. The molecule has 2 N–H and O–H groups in total. The van der Waals surface area contributed by atoms with Gasteiger partial charge in [0.05, 0.1) is 11.7 Å². The second-order valence-corrected chi connectivity index (χ2v) is 4.51. The zero-order chi connectivity index (χ0) is 11.0. The minimum atomic E-state index is 0.736. The van der Waals surface area contributed by atoms with Crippen LogP contribution >= 0.6 is 0 Å². The summed E-state index contributed by atoms with van der Waals surface area (Å²) in [5.74, 6) is 0.736. The highest BCUT2D eigenvalue weighted by molar-refractivity contribution is 5.82. The van der Waals surface area contributed by atoms with E-state index in [1.807, 2.05) is 6.20 Å². The molecular formula is C13H15N3. The van der Waals surface area contributed by atoms with Gasteiger partial charge in [-0.3, -0.25) is 5.10 Å². The fraction of sp³-hybridized carbons (Fsp3) is 0.308. The van der Waals surface area contributed by atoms with Gasteiger partial charge in [0.15, 0.2) is 0 Å². The maximum absolute atomic E-state index is 4.03. The Hall–Kier alpha value is -1.77. The third-order valence-electron chi connectivity index (χ3n) is 3.12. The molecule has 3 heteroatoms. The Morgan fingerprint density at radius 1 is 1.38 bits per heavy atom. The summed E-state index contributed by atoms with van der Waals surface area (Å²) in [5, 5.41) is 11.7. The molecule has 1 aromatic heterocycles. The Kier molecular flexibility index (Phi) is 2.17. The highest BCUT2D eigenvalue weighted by atomic mass is 15.1. The average Bonchev–Trinajstić information content (AvgIpc) is 2.77. The quantitative estimate of drug-likeness (QED) is 0.764. The van der Waals surface area contributed by atoms with Gasteiger partial charge in [-0.25, -0.2) is 0 Å². The van der Waals surface area contributed by atoms with E-state index >= 15 is 0 Å². The number of nitrogens with one attached hydrogen (secondary N) is 2. The first-order valence-corrected chi connectivity index (χ1v) is 5.70. The molecule has 0 radical (unpaired) electrons. The molecule has 16 heavy (non-hydrogen) atoms. The fourth-order valence-electron chi connectivity index (χ4n) is 2.08. The van der Waals surface area contributed by atoms with E-state index in [4.69, 9.17) is 0 Å². The molecule has 0 aliphatic carbocycles. The normalized spacial score (nSPS) is 20.6. The summed E-state index contributed by atoms with van der Waals surface area (Å²) >= 11 is 0. The molecule has 0 bridgehead atoms. The number of nitrogens with zero attached hydrogens (tertiary/aromatic N) is 1.